The van der Waals surface area contributed by atoms with Crippen molar-refractivity contribution < 1.29 is 69.9 Å². The van der Waals surface area contributed by atoms with Gasteiger partial charge in [-0.05, 0) is 0 Å². The molecule has 0 fully saturated rings. The third-order valence-corrected chi connectivity index (χ3v) is 0. The second-order valence-corrected chi connectivity index (χ2v) is 0.100. The summed E-state index contributed by atoms with van der Waals surface area (Å²) in [6.45, 7) is 0. The first-order valence-electron chi connectivity index (χ1n) is 0.447. The molecule has 0 atom stereocenters. The molecule has 0 aromatic heterocycles. The third kappa shape index (κ3) is 57.2. The fraction of sp³-hybridized carbons (Fsp3) is 0. The predicted octanol–water partition coefficient (Wildman–Crippen LogP) is -3.05. The van der Waals surface area contributed by atoms with Gasteiger partial charge in [0.1, 0.15) is 0 Å². The zero-order valence-electron chi connectivity index (χ0n) is 4.08. The molecule has 0 spiro atoms. The van der Waals surface area contributed by atoms with Crippen LogP contribution in [-0.4, -0.2) is 5.11 Å². The minimum absolute atomic E-state index is 0. The summed E-state index contributed by atoms with van der Waals surface area (Å²) in [5, 5.41) is 13.8. The van der Waals surface area contributed by atoms with E-state index >= 15 is 0 Å². The van der Waals surface area contributed by atoms with Crippen molar-refractivity contribution in [3.63, 3.8) is 0 Å². The largest absolute Gasteiger partial charge is 1.00 e. The van der Waals surface area contributed by atoms with Gasteiger partial charge in [0.25, 0.3) is 6.26 Å². The SMILES string of the molecule is N#CO.[Co].[Fe].[H-].[Na+]. The van der Waals surface area contributed by atoms with Crippen LogP contribution in [0, 0.1) is 11.5 Å². The Kier molecular flexibility index (Phi) is 147. The summed E-state index contributed by atoms with van der Waals surface area (Å²) >= 11 is 0. The van der Waals surface area contributed by atoms with Crippen molar-refractivity contribution >= 4 is 0 Å². The molecule has 0 heterocycles. The van der Waals surface area contributed by atoms with Crippen LogP contribution in [-0.2, 0) is 33.8 Å². The molecule has 0 saturated carbocycles. The first-order chi connectivity index (χ1) is 1.41. The molecule has 5 heteroatoms. The van der Waals surface area contributed by atoms with Crippen LogP contribution in [0.1, 0.15) is 1.43 Å². The molecular weight excluding hydrogens is 180 g/mol. The van der Waals surface area contributed by atoms with Crippen LogP contribution in [0.15, 0.2) is 0 Å². The van der Waals surface area contributed by atoms with Gasteiger partial charge >= 0.3 is 29.6 Å². The topological polar surface area (TPSA) is 44.0 Å². The molecule has 0 bridgehead atoms. The molecule has 0 unspecified atom stereocenters. The fourth-order valence-electron chi connectivity index (χ4n) is 0. The summed E-state index contributed by atoms with van der Waals surface area (Å²) < 4.78 is 0. The van der Waals surface area contributed by atoms with Gasteiger partial charge in [-0.15, -0.1) is 0 Å². The van der Waals surface area contributed by atoms with Crippen LogP contribution in [0.4, 0.5) is 0 Å². The average Bonchev–Trinajstić information content (AvgIpc) is 0.918. The van der Waals surface area contributed by atoms with Crippen molar-refractivity contribution in [2.45, 2.75) is 0 Å². The van der Waals surface area contributed by atoms with Crippen LogP contribution in [0.2, 0.25) is 0 Å². The molecule has 1 radical (unpaired) electrons. The summed E-state index contributed by atoms with van der Waals surface area (Å²) in [7, 11) is 0. The quantitative estimate of drug-likeness (QED) is 0.319. The van der Waals surface area contributed by atoms with Gasteiger partial charge < -0.3 is 6.53 Å². The maximum atomic E-state index is 6.88. The van der Waals surface area contributed by atoms with Crippen LogP contribution in [0.25, 0.3) is 0 Å². The molecule has 0 saturated heterocycles. The number of aliphatic hydroxyl groups excluding tert-OH is 1. The Labute approximate surface area is 80.7 Å². The van der Waals surface area contributed by atoms with E-state index in [4.69, 9.17) is 10.4 Å². The van der Waals surface area contributed by atoms with E-state index in [0.29, 0.717) is 0 Å². The Morgan fingerprint density at radius 1 is 1.67 bits per heavy atom. The number of rotatable bonds is 0. The Morgan fingerprint density at radius 3 is 1.67 bits per heavy atom. The third-order valence-electron chi connectivity index (χ3n) is 0. The second kappa shape index (κ2) is 33.3. The minimum atomic E-state index is 0. The zero-order valence-corrected chi connectivity index (χ0v) is 7.23. The number of nitrogens with zero attached hydrogens (tertiary/aromatic N) is 1. The molecule has 2 nitrogen and oxygen atoms in total. The van der Waals surface area contributed by atoms with Crippen molar-refractivity contribution in [2.75, 3.05) is 0 Å². The standard InChI is InChI=1S/CHNO.Co.Fe.Na.H/c2-1-3;;;;/h3H;;;;/q;;;+1;-1. The van der Waals surface area contributed by atoms with Gasteiger partial charge in [-0.2, -0.15) is 5.26 Å². The van der Waals surface area contributed by atoms with Crippen molar-refractivity contribution in [1.82, 2.24) is 0 Å². The van der Waals surface area contributed by atoms with E-state index in [9.17, 15) is 0 Å². The molecule has 1 N–H and O–H groups in total. The van der Waals surface area contributed by atoms with Crippen LogP contribution in [0.3, 0.4) is 0 Å². The molecular formula is CH2CoFeNNaO. The van der Waals surface area contributed by atoms with E-state index in [1.54, 1.807) is 0 Å². The van der Waals surface area contributed by atoms with Crippen LogP contribution >= 0.6 is 0 Å². The Morgan fingerprint density at radius 2 is 1.67 bits per heavy atom. The first-order valence-corrected chi connectivity index (χ1v) is 0.447. The van der Waals surface area contributed by atoms with E-state index in [-0.39, 0.29) is 64.8 Å². The summed E-state index contributed by atoms with van der Waals surface area (Å²) in [6, 6.07) is 0. The number of hydrogen-bond donors (Lipinski definition) is 1. The van der Waals surface area contributed by atoms with Crippen molar-refractivity contribution in [2.24, 2.45) is 0 Å². The maximum absolute atomic E-state index is 6.88. The van der Waals surface area contributed by atoms with Gasteiger partial charge in [-0.1, -0.05) is 0 Å². The van der Waals surface area contributed by atoms with Crippen molar-refractivity contribution in [3.8, 4) is 6.26 Å². The average molecular weight is 182 g/mol. The molecule has 0 aliphatic carbocycles. The van der Waals surface area contributed by atoms with E-state index < -0.39 is 0 Å². The van der Waals surface area contributed by atoms with Gasteiger partial charge in [0.05, 0.1) is 0 Å². The van der Waals surface area contributed by atoms with E-state index in [2.05, 4.69) is 0 Å². The summed E-state index contributed by atoms with van der Waals surface area (Å²) in [4.78, 5) is 0. The predicted molar refractivity (Wildman–Crippen MR) is 8.66 cm³/mol. The van der Waals surface area contributed by atoms with Gasteiger partial charge in [0.2, 0.25) is 0 Å². The Bertz CT molecular complexity index is 41.2. The Balaban J connectivity index is -0.00000000333. The van der Waals surface area contributed by atoms with Gasteiger partial charge in [0.15, 0.2) is 0 Å². The van der Waals surface area contributed by atoms with Crippen molar-refractivity contribution in [3.05, 3.63) is 0 Å². The number of aliphatic hydroxyl groups is 1. The molecule has 35 valence electrons. The Hall–Kier alpha value is 1.32. The molecule has 0 aromatic rings. The first kappa shape index (κ1) is 26.5. The smallest absolute Gasteiger partial charge is 1.00 e. The van der Waals surface area contributed by atoms with Gasteiger partial charge in [-0.25, -0.2) is 0 Å². The summed E-state index contributed by atoms with van der Waals surface area (Å²) in [5.74, 6) is 0. The van der Waals surface area contributed by atoms with Gasteiger partial charge in [0, 0.05) is 33.8 Å². The monoisotopic (exact) mass is 182 g/mol. The molecule has 0 aromatic carbocycles. The van der Waals surface area contributed by atoms with E-state index in [0.717, 1.165) is 6.26 Å². The zero-order chi connectivity index (χ0) is 2.71. The molecule has 0 aliphatic heterocycles. The fourth-order valence-corrected chi connectivity index (χ4v) is 0. The van der Waals surface area contributed by atoms with Crippen molar-refractivity contribution in [1.29, 1.82) is 5.26 Å². The van der Waals surface area contributed by atoms with Crippen LogP contribution in [0.5, 0.6) is 0 Å². The summed E-state index contributed by atoms with van der Waals surface area (Å²) in [6.07, 6.45) is 0.750. The molecule has 0 rings (SSSR count). The molecule has 0 aliphatic rings. The van der Waals surface area contributed by atoms with E-state index in [1.807, 2.05) is 0 Å². The van der Waals surface area contributed by atoms with E-state index in [1.165, 1.54) is 0 Å². The number of hydrogen-bond acceptors (Lipinski definition) is 2. The second-order valence-electron chi connectivity index (χ2n) is 0.100. The van der Waals surface area contributed by atoms with Crippen LogP contribution < -0.4 is 29.6 Å². The minimum Gasteiger partial charge on any atom is -1.00 e. The number of nitriles is 1. The maximum Gasteiger partial charge on any atom is 1.00 e. The normalized spacial score (nSPS) is 1.17. The molecule has 6 heavy (non-hydrogen) atoms. The molecule has 0 amide bonds. The van der Waals surface area contributed by atoms with Gasteiger partial charge in [-0.3, -0.25) is 0 Å². The summed E-state index contributed by atoms with van der Waals surface area (Å²) in [5.41, 5.74) is 0.